The molecule has 0 aromatic carbocycles. The largest absolute Gasteiger partial charge is 0.377 e. The number of methoxy groups -OCH3 is 1. The SMILES string of the molecule is CCNC(=NCC(C)(C)OC)NCC(C)Cc1cccs1. The van der Waals surface area contributed by atoms with Gasteiger partial charge in [0.25, 0.3) is 0 Å². The van der Waals surface area contributed by atoms with Crippen LogP contribution >= 0.6 is 11.3 Å². The molecule has 21 heavy (non-hydrogen) atoms. The van der Waals surface area contributed by atoms with Gasteiger partial charge in [0.2, 0.25) is 0 Å². The van der Waals surface area contributed by atoms with Crippen molar-refractivity contribution < 1.29 is 4.74 Å². The van der Waals surface area contributed by atoms with Crippen LogP contribution in [0, 0.1) is 5.92 Å². The summed E-state index contributed by atoms with van der Waals surface area (Å²) in [6.45, 7) is 10.8. The van der Waals surface area contributed by atoms with Crippen LogP contribution in [0.2, 0.25) is 0 Å². The van der Waals surface area contributed by atoms with Gasteiger partial charge in [0.1, 0.15) is 0 Å². The highest BCUT2D eigenvalue weighted by molar-refractivity contribution is 7.09. The van der Waals surface area contributed by atoms with E-state index in [2.05, 4.69) is 47.0 Å². The third-order valence-corrected chi connectivity index (χ3v) is 4.16. The van der Waals surface area contributed by atoms with E-state index >= 15 is 0 Å². The second-order valence-electron chi connectivity index (χ2n) is 5.93. The van der Waals surface area contributed by atoms with Gasteiger partial charge in [-0.3, -0.25) is 4.99 Å². The lowest BCUT2D eigenvalue weighted by Gasteiger charge is -2.22. The number of thiophene rings is 1. The van der Waals surface area contributed by atoms with Gasteiger partial charge in [0, 0.05) is 25.1 Å². The molecular formula is C16H29N3OS. The minimum atomic E-state index is -0.231. The molecule has 120 valence electrons. The summed E-state index contributed by atoms with van der Waals surface area (Å²) in [6.07, 6.45) is 1.10. The quantitative estimate of drug-likeness (QED) is 0.573. The van der Waals surface area contributed by atoms with Gasteiger partial charge >= 0.3 is 0 Å². The molecule has 0 bridgehead atoms. The van der Waals surface area contributed by atoms with E-state index in [1.54, 1.807) is 7.11 Å². The highest BCUT2D eigenvalue weighted by Crippen LogP contribution is 2.13. The molecule has 1 unspecified atom stereocenters. The van der Waals surface area contributed by atoms with Gasteiger partial charge in [-0.05, 0) is 44.6 Å². The zero-order valence-corrected chi connectivity index (χ0v) is 14.7. The molecule has 1 rings (SSSR count). The molecular weight excluding hydrogens is 282 g/mol. The first-order chi connectivity index (χ1) is 9.96. The zero-order chi connectivity index (χ0) is 15.7. The Morgan fingerprint density at radius 2 is 2.19 bits per heavy atom. The maximum Gasteiger partial charge on any atom is 0.191 e. The van der Waals surface area contributed by atoms with Crippen LogP contribution in [0.5, 0.6) is 0 Å². The van der Waals surface area contributed by atoms with Crippen LogP contribution in [0.1, 0.15) is 32.6 Å². The zero-order valence-electron chi connectivity index (χ0n) is 13.9. The molecule has 0 amide bonds. The van der Waals surface area contributed by atoms with Crippen molar-refractivity contribution >= 4 is 17.3 Å². The summed E-state index contributed by atoms with van der Waals surface area (Å²) in [5.74, 6) is 1.43. The Kier molecular flexibility index (Phi) is 7.75. The third-order valence-electron chi connectivity index (χ3n) is 3.26. The Morgan fingerprint density at radius 1 is 1.43 bits per heavy atom. The van der Waals surface area contributed by atoms with Crippen molar-refractivity contribution in [1.82, 2.24) is 10.6 Å². The van der Waals surface area contributed by atoms with Crippen LogP contribution < -0.4 is 10.6 Å². The first-order valence-corrected chi connectivity index (χ1v) is 8.44. The number of nitrogens with one attached hydrogen (secondary N) is 2. The van der Waals surface area contributed by atoms with E-state index in [9.17, 15) is 0 Å². The number of nitrogens with zero attached hydrogens (tertiary/aromatic N) is 1. The van der Waals surface area contributed by atoms with Crippen molar-refractivity contribution in [3.05, 3.63) is 22.4 Å². The van der Waals surface area contributed by atoms with E-state index in [0.29, 0.717) is 12.5 Å². The number of rotatable bonds is 8. The Bertz CT molecular complexity index is 415. The van der Waals surface area contributed by atoms with Gasteiger partial charge in [-0.25, -0.2) is 0 Å². The number of guanidine groups is 1. The summed E-state index contributed by atoms with van der Waals surface area (Å²) in [7, 11) is 1.72. The fourth-order valence-electron chi connectivity index (χ4n) is 1.79. The molecule has 0 aliphatic rings. The molecule has 0 aliphatic heterocycles. The van der Waals surface area contributed by atoms with Gasteiger partial charge < -0.3 is 15.4 Å². The van der Waals surface area contributed by atoms with E-state index in [4.69, 9.17) is 4.74 Å². The smallest absolute Gasteiger partial charge is 0.191 e. The average Bonchev–Trinajstić information content (AvgIpc) is 2.95. The normalized spacial score (nSPS) is 14.0. The molecule has 0 aliphatic carbocycles. The number of aliphatic imine (C=N–C) groups is 1. The minimum Gasteiger partial charge on any atom is -0.377 e. The number of hydrogen-bond donors (Lipinski definition) is 2. The lowest BCUT2D eigenvalue weighted by molar-refractivity contribution is 0.0310. The highest BCUT2D eigenvalue weighted by atomic mass is 32.1. The van der Waals surface area contributed by atoms with Crippen molar-refractivity contribution in [1.29, 1.82) is 0 Å². The standard InChI is InChI=1S/C16H29N3OS/c1-6-17-15(19-12-16(3,4)20-5)18-11-13(2)10-14-8-7-9-21-14/h7-9,13H,6,10-12H2,1-5H3,(H2,17,18,19). The monoisotopic (exact) mass is 311 g/mol. The van der Waals surface area contributed by atoms with Gasteiger partial charge in [-0.15, -0.1) is 11.3 Å². The molecule has 0 fully saturated rings. The van der Waals surface area contributed by atoms with Gasteiger partial charge in [-0.1, -0.05) is 13.0 Å². The topological polar surface area (TPSA) is 45.7 Å². The molecule has 0 saturated carbocycles. The molecule has 5 heteroatoms. The van der Waals surface area contributed by atoms with Crippen LogP contribution in [0.25, 0.3) is 0 Å². The number of ether oxygens (including phenoxy) is 1. The lowest BCUT2D eigenvalue weighted by atomic mass is 10.1. The van der Waals surface area contributed by atoms with Crippen LogP contribution in [0.4, 0.5) is 0 Å². The average molecular weight is 311 g/mol. The minimum absolute atomic E-state index is 0.231. The van der Waals surface area contributed by atoms with Crippen molar-refractivity contribution in [3.63, 3.8) is 0 Å². The van der Waals surface area contributed by atoms with E-state index in [-0.39, 0.29) is 5.60 Å². The molecule has 4 nitrogen and oxygen atoms in total. The molecule has 0 radical (unpaired) electrons. The van der Waals surface area contributed by atoms with Crippen molar-refractivity contribution in [2.75, 3.05) is 26.7 Å². The molecule has 2 N–H and O–H groups in total. The van der Waals surface area contributed by atoms with Crippen LogP contribution in [-0.2, 0) is 11.2 Å². The van der Waals surface area contributed by atoms with Crippen LogP contribution in [0.15, 0.2) is 22.5 Å². The Labute approximate surface area is 133 Å². The van der Waals surface area contributed by atoms with Gasteiger partial charge in [0.05, 0.1) is 12.1 Å². The van der Waals surface area contributed by atoms with Gasteiger partial charge in [0.15, 0.2) is 5.96 Å². The van der Waals surface area contributed by atoms with E-state index in [1.807, 2.05) is 25.2 Å². The molecule has 1 heterocycles. The summed E-state index contributed by atoms with van der Waals surface area (Å²) in [5.41, 5.74) is -0.231. The Balaban J connectivity index is 2.44. The summed E-state index contributed by atoms with van der Waals surface area (Å²) in [5, 5.41) is 8.83. The summed E-state index contributed by atoms with van der Waals surface area (Å²) >= 11 is 1.82. The Hall–Kier alpha value is -1.07. The third kappa shape index (κ3) is 7.48. The molecule has 1 atom stereocenters. The summed E-state index contributed by atoms with van der Waals surface area (Å²) in [6, 6.07) is 4.31. The highest BCUT2D eigenvalue weighted by Gasteiger charge is 2.15. The van der Waals surface area contributed by atoms with Crippen LogP contribution in [0.3, 0.4) is 0 Å². The fourth-order valence-corrected chi connectivity index (χ4v) is 2.66. The second kappa shape index (κ2) is 9.05. The first kappa shape index (κ1) is 18.0. The molecule has 0 saturated heterocycles. The molecule has 1 aromatic heterocycles. The summed E-state index contributed by atoms with van der Waals surface area (Å²) in [4.78, 5) is 6.03. The first-order valence-electron chi connectivity index (χ1n) is 7.56. The van der Waals surface area contributed by atoms with Crippen LogP contribution in [-0.4, -0.2) is 38.3 Å². The van der Waals surface area contributed by atoms with Crippen molar-refractivity contribution in [2.24, 2.45) is 10.9 Å². The Morgan fingerprint density at radius 3 is 2.76 bits per heavy atom. The van der Waals surface area contributed by atoms with Gasteiger partial charge in [-0.2, -0.15) is 0 Å². The second-order valence-corrected chi connectivity index (χ2v) is 6.96. The predicted octanol–water partition coefficient (Wildman–Crippen LogP) is 2.91. The lowest BCUT2D eigenvalue weighted by Crippen LogP contribution is -2.41. The van der Waals surface area contributed by atoms with Crippen molar-refractivity contribution in [3.8, 4) is 0 Å². The van der Waals surface area contributed by atoms with Crippen molar-refractivity contribution in [2.45, 2.75) is 39.7 Å². The summed E-state index contributed by atoms with van der Waals surface area (Å²) < 4.78 is 5.40. The maximum absolute atomic E-state index is 5.40. The van der Waals surface area contributed by atoms with E-state index in [0.717, 1.165) is 25.5 Å². The van der Waals surface area contributed by atoms with E-state index in [1.165, 1.54) is 4.88 Å². The number of hydrogen-bond acceptors (Lipinski definition) is 3. The predicted molar refractivity (Wildman–Crippen MR) is 92.3 cm³/mol. The fraction of sp³-hybridized carbons (Fsp3) is 0.688. The van der Waals surface area contributed by atoms with E-state index < -0.39 is 0 Å². The maximum atomic E-state index is 5.40. The molecule has 0 spiro atoms. The molecule has 1 aromatic rings.